The molecule has 0 fully saturated rings. The maximum Gasteiger partial charge on any atom is 0.227 e. The molecule has 1 amide bonds. The number of amides is 1. The van der Waals surface area contributed by atoms with E-state index in [-0.39, 0.29) is 17.9 Å². The largest absolute Gasteiger partial charge is 0.338 e. The van der Waals surface area contributed by atoms with Crippen LogP contribution < -0.4 is 11.5 Å². The first-order chi connectivity index (χ1) is 9.06. The molecule has 1 aromatic rings. The van der Waals surface area contributed by atoms with Gasteiger partial charge in [-0.2, -0.15) is 0 Å². The average Bonchev–Trinajstić information content (AvgIpc) is 2.42. The zero-order valence-corrected chi connectivity index (χ0v) is 11.9. The second-order valence-corrected chi connectivity index (χ2v) is 5.04. The van der Waals surface area contributed by atoms with Gasteiger partial charge in [0.2, 0.25) is 5.91 Å². The van der Waals surface area contributed by atoms with Crippen molar-refractivity contribution in [2.24, 2.45) is 17.4 Å². The van der Waals surface area contributed by atoms with Crippen LogP contribution in [0.25, 0.3) is 0 Å². The molecule has 4 heteroatoms. The minimum Gasteiger partial charge on any atom is -0.338 e. The number of rotatable bonds is 7. The van der Waals surface area contributed by atoms with E-state index in [0.29, 0.717) is 19.6 Å². The van der Waals surface area contributed by atoms with Gasteiger partial charge in [-0.1, -0.05) is 37.3 Å². The predicted octanol–water partition coefficient (Wildman–Crippen LogP) is 1.35. The minimum absolute atomic E-state index is 0.104. The van der Waals surface area contributed by atoms with Gasteiger partial charge < -0.3 is 16.4 Å². The molecular weight excluding hydrogens is 238 g/mol. The van der Waals surface area contributed by atoms with Gasteiger partial charge in [0.05, 0.1) is 5.92 Å². The number of hydrogen-bond acceptors (Lipinski definition) is 3. The summed E-state index contributed by atoms with van der Waals surface area (Å²) >= 11 is 0. The summed E-state index contributed by atoms with van der Waals surface area (Å²) in [6.45, 7) is 5.64. The van der Waals surface area contributed by atoms with E-state index in [2.05, 4.69) is 0 Å². The molecule has 0 aliphatic carbocycles. The van der Waals surface area contributed by atoms with E-state index < -0.39 is 0 Å². The van der Waals surface area contributed by atoms with Gasteiger partial charge in [-0.15, -0.1) is 0 Å². The number of carbonyl (C=O) groups is 1. The summed E-state index contributed by atoms with van der Waals surface area (Å²) in [7, 11) is 0. The highest BCUT2D eigenvalue weighted by Crippen LogP contribution is 2.11. The van der Waals surface area contributed by atoms with E-state index in [0.717, 1.165) is 12.0 Å². The summed E-state index contributed by atoms with van der Waals surface area (Å²) in [5, 5.41) is 0. The van der Waals surface area contributed by atoms with Crippen molar-refractivity contribution in [3.05, 3.63) is 35.9 Å². The number of carbonyl (C=O) groups excluding carboxylic acids is 1. The Morgan fingerprint density at radius 3 is 2.42 bits per heavy atom. The molecule has 1 aromatic carbocycles. The Morgan fingerprint density at radius 2 is 1.89 bits per heavy atom. The van der Waals surface area contributed by atoms with Crippen LogP contribution in [-0.4, -0.2) is 29.9 Å². The van der Waals surface area contributed by atoms with Crippen LogP contribution in [0.2, 0.25) is 0 Å². The van der Waals surface area contributed by atoms with E-state index in [1.807, 2.05) is 49.1 Å². The van der Waals surface area contributed by atoms with Crippen molar-refractivity contribution in [1.29, 1.82) is 0 Å². The smallest absolute Gasteiger partial charge is 0.227 e. The van der Waals surface area contributed by atoms with Crippen LogP contribution in [0.15, 0.2) is 30.3 Å². The Hall–Kier alpha value is -1.39. The summed E-state index contributed by atoms with van der Waals surface area (Å²) in [4.78, 5) is 14.3. The van der Waals surface area contributed by atoms with E-state index in [1.54, 1.807) is 0 Å². The zero-order valence-electron chi connectivity index (χ0n) is 11.9. The molecule has 0 spiro atoms. The zero-order chi connectivity index (χ0) is 14.3. The van der Waals surface area contributed by atoms with E-state index in [1.165, 1.54) is 0 Å². The quantitative estimate of drug-likeness (QED) is 0.780. The summed E-state index contributed by atoms with van der Waals surface area (Å²) in [5.74, 6) is -0.0613. The third kappa shape index (κ3) is 5.01. The number of benzene rings is 1. The summed E-state index contributed by atoms with van der Waals surface area (Å²) in [5.41, 5.74) is 12.5. The van der Waals surface area contributed by atoms with Crippen molar-refractivity contribution in [2.75, 3.05) is 13.1 Å². The Morgan fingerprint density at radius 1 is 1.26 bits per heavy atom. The van der Waals surface area contributed by atoms with Crippen LogP contribution in [-0.2, 0) is 11.3 Å². The molecule has 106 valence electrons. The van der Waals surface area contributed by atoms with Crippen LogP contribution in [0.1, 0.15) is 25.8 Å². The Kier molecular flexibility index (Phi) is 6.53. The third-order valence-electron chi connectivity index (χ3n) is 3.34. The Bertz CT molecular complexity index is 378. The van der Waals surface area contributed by atoms with Crippen molar-refractivity contribution in [3.8, 4) is 0 Å². The standard InChI is InChI=1S/C15H25N3O/c1-12(13(2)17)15(19)18(10-6-9-16)11-14-7-4-3-5-8-14/h3-5,7-8,12-13H,6,9-11,16-17H2,1-2H3. The van der Waals surface area contributed by atoms with E-state index in [4.69, 9.17) is 11.5 Å². The fourth-order valence-corrected chi connectivity index (χ4v) is 1.87. The van der Waals surface area contributed by atoms with Crippen molar-refractivity contribution in [3.63, 3.8) is 0 Å². The lowest BCUT2D eigenvalue weighted by Gasteiger charge is -2.27. The van der Waals surface area contributed by atoms with Gasteiger partial charge in [-0.05, 0) is 25.5 Å². The fourth-order valence-electron chi connectivity index (χ4n) is 1.87. The molecule has 1 rings (SSSR count). The molecule has 0 aliphatic rings. The maximum absolute atomic E-state index is 12.4. The minimum atomic E-state index is -0.165. The predicted molar refractivity (Wildman–Crippen MR) is 78.3 cm³/mol. The molecule has 0 radical (unpaired) electrons. The highest BCUT2D eigenvalue weighted by molar-refractivity contribution is 5.79. The molecule has 0 aromatic heterocycles. The van der Waals surface area contributed by atoms with Crippen LogP contribution in [0.4, 0.5) is 0 Å². The van der Waals surface area contributed by atoms with Gasteiger partial charge in [0.1, 0.15) is 0 Å². The highest BCUT2D eigenvalue weighted by Gasteiger charge is 2.23. The van der Waals surface area contributed by atoms with Gasteiger partial charge in [0.25, 0.3) is 0 Å². The molecule has 2 unspecified atom stereocenters. The molecule has 19 heavy (non-hydrogen) atoms. The van der Waals surface area contributed by atoms with Crippen LogP contribution in [0.5, 0.6) is 0 Å². The first kappa shape index (κ1) is 15.7. The Balaban J connectivity index is 2.74. The van der Waals surface area contributed by atoms with Crippen LogP contribution in [0, 0.1) is 5.92 Å². The lowest BCUT2D eigenvalue weighted by molar-refractivity contribution is -0.136. The summed E-state index contributed by atoms with van der Waals surface area (Å²) in [6, 6.07) is 9.86. The fraction of sp³-hybridized carbons (Fsp3) is 0.533. The van der Waals surface area contributed by atoms with Gasteiger partial charge in [0, 0.05) is 19.1 Å². The van der Waals surface area contributed by atoms with Gasteiger partial charge in [0.15, 0.2) is 0 Å². The lowest BCUT2D eigenvalue weighted by atomic mass is 10.0. The monoisotopic (exact) mass is 263 g/mol. The van der Waals surface area contributed by atoms with Crippen molar-refractivity contribution < 1.29 is 4.79 Å². The first-order valence-electron chi connectivity index (χ1n) is 6.84. The highest BCUT2D eigenvalue weighted by atomic mass is 16.2. The van der Waals surface area contributed by atoms with Crippen molar-refractivity contribution in [2.45, 2.75) is 32.9 Å². The number of nitrogens with zero attached hydrogens (tertiary/aromatic N) is 1. The van der Waals surface area contributed by atoms with E-state index in [9.17, 15) is 4.79 Å². The lowest BCUT2D eigenvalue weighted by Crippen LogP contribution is -2.42. The summed E-state index contributed by atoms with van der Waals surface area (Å²) < 4.78 is 0. The normalized spacial score (nSPS) is 13.9. The SMILES string of the molecule is CC(N)C(C)C(=O)N(CCCN)Cc1ccccc1. The van der Waals surface area contributed by atoms with Gasteiger partial charge >= 0.3 is 0 Å². The van der Waals surface area contributed by atoms with Crippen LogP contribution >= 0.6 is 0 Å². The average molecular weight is 263 g/mol. The van der Waals surface area contributed by atoms with Crippen molar-refractivity contribution >= 4 is 5.91 Å². The van der Waals surface area contributed by atoms with Gasteiger partial charge in [-0.3, -0.25) is 4.79 Å². The third-order valence-corrected chi connectivity index (χ3v) is 3.34. The second kappa shape index (κ2) is 7.92. The number of hydrogen-bond donors (Lipinski definition) is 2. The van der Waals surface area contributed by atoms with Gasteiger partial charge in [-0.25, -0.2) is 0 Å². The summed E-state index contributed by atoms with van der Waals surface area (Å²) in [6.07, 6.45) is 0.810. The molecule has 2 atom stereocenters. The molecule has 0 aliphatic heterocycles. The van der Waals surface area contributed by atoms with Crippen molar-refractivity contribution in [1.82, 2.24) is 4.90 Å². The molecule has 0 saturated carbocycles. The number of nitrogens with two attached hydrogens (primary N) is 2. The molecule has 0 saturated heterocycles. The molecule has 0 heterocycles. The molecule has 4 nitrogen and oxygen atoms in total. The first-order valence-corrected chi connectivity index (χ1v) is 6.84. The molecule has 0 bridgehead atoms. The van der Waals surface area contributed by atoms with E-state index >= 15 is 0 Å². The maximum atomic E-state index is 12.4. The molecule has 4 N–H and O–H groups in total. The Labute approximate surface area is 115 Å². The molecular formula is C15H25N3O. The van der Waals surface area contributed by atoms with Crippen LogP contribution in [0.3, 0.4) is 0 Å². The second-order valence-electron chi connectivity index (χ2n) is 5.04. The topological polar surface area (TPSA) is 72.4 Å².